The Kier molecular flexibility index (Phi) is 8.50. The summed E-state index contributed by atoms with van der Waals surface area (Å²) in [5.41, 5.74) is -1.88. The first-order chi connectivity index (χ1) is 18.0. The molecule has 0 aliphatic carbocycles. The quantitative estimate of drug-likeness (QED) is 0.456. The molecule has 1 saturated heterocycles. The summed E-state index contributed by atoms with van der Waals surface area (Å²) in [6, 6.07) is 6.45. The van der Waals surface area contributed by atoms with E-state index in [2.05, 4.69) is 9.97 Å². The first-order valence-corrected chi connectivity index (χ1v) is 14.2. The van der Waals surface area contributed by atoms with Crippen LogP contribution in [0.15, 0.2) is 29.3 Å². The molecule has 1 fully saturated rings. The van der Waals surface area contributed by atoms with Crippen molar-refractivity contribution in [3.05, 3.63) is 41.2 Å². The second-order valence-corrected chi connectivity index (χ2v) is 12.4. The Morgan fingerprint density at radius 1 is 1.26 bits per heavy atom. The van der Waals surface area contributed by atoms with Gasteiger partial charge >= 0.3 is 12.1 Å². The van der Waals surface area contributed by atoms with Gasteiger partial charge in [-0.25, -0.2) is 18.4 Å². The fraction of sp³-hybridized carbons (Fsp3) is 0.538. The predicted molar refractivity (Wildman–Crippen MR) is 139 cm³/mol. The van der Waals surface area contributed by atoms with Crippen LogP contribution >= 0.6 is 0 Å². The van der Waals surface area contributed by atoms with Crippen LogP contribution < -0.4 is 9.80 Å². The summed E-state index contributed by atoms with van der Waals surface area (Å²) in [7, 11) is -3.64. The highest BCUT2D eigenvalue weighted by Gasteiger charge is 2.42. The van der Waals surface area contributed by atoms with Gasteiger partial charge in [0, 0.05) is 55.8 Å². The third-order valence-corrected chi connectivity index (χ3v) is 7.87. The molecule has 1 aromatic carbocycles. The largest absolute Gasteiger partial charge is 0.461 e. The minimum Gasteiger partial charge on any atom is -0.461 e. The van der Waals surface area contributed by atoms with Crippen molar-refractivity contribution < 1.29 is 31.1 Å². The number of hydrogen-bond donors (Lipinski definition) is 0. The van der Waals surface area contributed by atoms with Crippen LogP contribution in [0.25, 0.3) is 0 Å². The van der Waals surface area contributed by atoms with Gasteiger partial charge in [-0.3, -0.25) is 4.79 Å². The van der Waals surface area contributed by atoms with Gasteiger partial charge in [0.05, 0.1) is 22.4 Å². The number of carbonyl (C=O) groups is 1. The molecular formula is C26H32F3N5O4S. The summed E-state index contributed by atoms with van der Waals surface area (Å²) in [6.45, 7) is 8.72. The minimum atomic E-state index is -4.77. The number of sulfone groups is 1. The average Bonchev–Trinajstić information content (AvgIpc) is 2.85. The molecule has 0 radical (unpaired) electrons. The molecule has 2 heterocycles. The molecule has 0 spiro atoms. The van der Waals surface area contributed by atoms with Gasteiger partial charge in [-0.2, -0.15) is 18.4 Å². The van der Waals surface area contributed by atoms with E-state index in [0.29, 0.717) is 24.3 Å². The third kappa shape index (κ3) is 6.79. The molecule has 0 amide bonds. The molecule has 13 heteroatoms. The lowest BCUT2D eigenvalue weighted by Crippen LogP contribution is -2.56. The van der Waals surface area contributed by atoms with Crippen LogP contribution in [-0.4, -0.2) is 56.3 Å². The van der Waals surface area contributed by atoms with Crippen molar-refractivity contribution >= 4 is 27.4 Å². The fourth-order valence-electron chi connectivity index (χ4n) is 4.49. The Bertz CT molecular complexity index is 1390. The lowest BCUT2D eigenvalue weighted by atomic mass is 9.86. The summed E-state index contributed by atoms with van der Waals surface area (Å²) in [4.78, 5) is 23.1. The van der Waals surface area contributed by atoms with E-state index < -0.39 is 33.1 Å². The van der Waals surface area contributed by atoms with Crippen LogP contribution in [0.1, 0.15) is 51.4 Å². The highest BCUT2D eigenvalue weighted by Crippen LogP contribution is 2.37. The van der Waals surface area contributed by atoms with E-state index in [-0.39, 0.29) is 41.5 Å². The van der Waals surface area contributed by atoms with Crippen molar-refractivity contribution in [1.82, 2.24) is 9.97 Å². The lowest BCUT2D eigenvalue weighted by Gasteiger charge is -2.44. The Labute approximate surface area is 226 Å². The van der Waals surface area contributed by atoms with Crippen molar-refractivity contribution in [2.24, 2.45) is 5.92 Å². The molecule has 3 rings (SSSR count). The number of benzene rings is 1. The molecule has 1 atom stereocenters. The predicted octanol–water partition coefficient (Wildman–Crippen LogP) is 4.11. The Balaban J connectivity index is 1.97. The van der Waals surface area contributed by atoms with E-state index in [1.165, 1.54) is 26.8 Å². The molecule has 0 saturated carbocycles. The number of aromatic nitrogens is 2. The van der Waals surface area contributed by atoms with E-state index in [9.17, 15) is 31.6 Å². The van der Waals surface area contributed by atoms with Gasteiger partial charge in [-0.1, -0.05) is 19.9 Å². The highest BCUT2D eigenvalue weighted by atomic mass is 32.2. The summed E-state index contributed by atoms with van der Waals surface area (Å²) >= 11 is 0. The van der Waals surface area contributed by atoms with Crippen molar-refractivity contribution in [3.8, 4) is 6.07 Å². The normalized spacial score (nSPS) is 16.8. The topological polar surface area (TPSA) is 116 Å². The summed E-state index contributed by atoms with van der Waals surface area (Å²) in [5, 5.41) is 9.40. The first kappa shape index (κ1) is 30.1. The number of anilines is 2. The smallest absolute Gasteiger partial charge is 0.433 e. The van der Waals surface area contributed by atoms with Gasteiger partial charge in [0.1, 0.15) is 6.61 Å². The Hall–Kier alpha value is -3.40. The summed E-state index contributed by atoms with van der Waals surface area (Å²) in [6.07, 6.45) is -2.62. The van der Waals surface area contributed by atoms with Gasteiger partial charge in [-0.15, -0.1) is 0 Å². The van der Waals surface area contributed by atoms with Crippen molar-refractivity contribution in [2.45, 2.75) is 63.8 Å². The number of nitriles is 1. The molecule has 39 heavy (non-hydrogen) atoms. The molecule has 1 aromatic heterocycles. The van der Waals surface area contributed by atoms with E-state index in [0.717, 1.165) is 12.5 Å². The third-order valence-electron chi connectivity index (χ3n) is 6.69. The second-order valence-electron chi connectivity index (χ2n) is 10.5. The number of esters is 1. The second kappa shape index (κ2) is 11.0. The van der Waals surface area contributed by atoms with Gasteiger partial charge < -0.3 is 14.5 Å². The number of ether oxygens (including phenoxy) is 1. The van der Waals surface area contributed by atoms with Crippen LogP contribution in [0, 0.1) is 17.2 Å². The van der Waals surface area contributed by atoms with Gasteiger partial charge in [0.15, 0.2) is 15.5 Å². The van der Waals surface area contributed by atoms with Crippen LogP contribution in [0.3, 0.4) is 0 Å². The molecule has 0 N–H and O–H groups in total. The molecule has 9 nitrogen and oxygen atoms in total. The maximum Gasteiger partial charge on any atom is 0.433 e. The van der Waals surface area contributed by atoms with Crippen molar-refractivity contribution in [3.63, 3.8) is 0 Å². The molecular weight excluding hydrogens is 535 g/mol. The molecule has 1 aliphatic rings. The number of hydrogen-bond acceptors (Lipinski definition) is 9. The average molecular weight is 568 g/mol. The van der Waals surface area contributed by atoms with Crippen LogP contribution in [-0.2, 0) is 37.6 Å². The SMILES string of the molecule is CC(=O)OCc1ccc(N2CCN(c3ncc(C(C)(C)C#N)c(C(F)(F)F)n3)C(C(C)C)C2)cc1S(C)(=O)=O. The van der Waals surface area contributed by atoms with Crippen LogP contribution in [0.2, 0.25) is 0 Å². The molecule has 1 aliphatic heterocycles. The highest BCUT2D eigenvalue weighted by molar-refractivity contribution is 7.90. The Morgan fingerprint density at radius 3 is 2.46 bits per heavy atom. The van der Waals surface area contributed by atoms with Crippen LogP contribution in [0.5, 0.6) is 0 Å². The zero-order valence-electron chi connectivity index (χ0n) is 22.7. The molecule has 2 aromatic rings. The van der Waals surface area contributed by atoms with E-state index in [1.54, 1.807) is 17.0 Å². The standard InChI is InChI=1S/C26H32F3N5O4S/c1-16(2)21-13-33(19-8-7-18(14-38-17(3)35)22(11-19)39(6,36)37)9-10-34(21)24-31-12-20(25(4,5)15-30)23(32-24)26(27,28)29/h7-8,11-12,16,21H,9-10,13-14H2,1-6H3. The number of nitrogens with zero attached hydrogens (tertiary/aromatic N) is 5. The molecule has 0 bridgehead atoms. The monoisotopic (exact) mass is 567 g/mol. The first-order valence-electron chi connectivity index (χ1n) is 12.3. The van der Waals surface area contributed by atoms with Crippen molar-refractivity contribution in [2.75, 3.05) is 35.7 Å². The Morgan fingerprint density at radius 2 is 1.92 bits per heavy atom. The fourth-order valence-corrected chi connectivity index (χ4v) is 5.43. The minimum absolute atomic E-state index is 0.0152. The number of halogens is 3. The van der Waals surface area contributed by atoms with Crippen molar-refractivity contribution in [1.29, 1.82) is 5.26 Å². The number of alkyl halides is 3. The number of rotatable bonds is 7. The molecule has 212 valence electrons. The number of piperazine rings is 1. The molecule has 1 unspecified atom stereocenters. The summed E-state index contributed by atoms with van der Waals surface area (Å²) < 4.78 is 71.8. The maximum absolute atomic E-state index is 14.0. The maximum atomic E-state index is 14.0. The van der Waals surface area contributed by atoms with Gasteiger partial charge in [0.2, 0.25) is 5.95 Å². The van der Waals surface area contributed by atoms with Gasteiger partial charge in [0.25, 0.3) is 0 Å². The zero-order valence-corrected chi connectivity index (χ0v) is 23.5. The lowest BCUT2D eigenvalue weighted by molar-refractivity contribution is -0.143. The van der Waals surface area contributed by atoms with E-state index >= 15 is 0 Å². The van der Waals surface area contributed by atoms with Crippen LogP contribution in [0.4, 0.5) is 24.8 Å². The summed E-state index contributed by atoms with van der Waals surface area (Å²) in [5.74, 6) is -0.625. The van der Waals surface area contributed by atoms with Gasteiger partial charge in [-0.05, 0) is 31.9 Å². The van der Waals surface area contributed by atoms with E-state index in [1.807, 2.05) is 24.8 Å². The van der Waals surface area contributed by atoms with E-state index in [4.69, 9.17) is 4.74 Å². The number of carbonyl (C=O) groups excluding carboxylic acids is 1. The zero-order chi connectivity index (χ0) is 29.3.